The van der Waals surface area contributed by atoms with Gasteiger partial charge >= 0.3 is 6.18 Å². The lowest BCUT2D eigenvalue weighted by Gasteiger charge is -2.12. The Balaban J connectivity index is 2.55. The van der Waals surface area contributed by atoms with Gasteiger partial charge in [-0.25, -0.2) is 9.97 Å². The van der Waals surface area contributed by atoms with Gasteiger partial charge in [0.05, 0.1) is 19.9 Å². The summed E-state index contributed by atoms with van der Waals surface area (Å²) < 4.78 is 49.4. The van der Waals surface area contributed by atoms with E-state index in [9.17, 15) is 13.2 Å². The second-order valence-electron chi connectivity index (χ2n) is 4.42. The van der Waals surface area contributed by atoms with Crippen LogP contribution in [-0.2, 0) is 6.18 Å². The Morgan fingerprint density at radius 2 is 1.74 bits per heavy atom. The van der Waals surface area contributed by atoms with Gasteiger partial charge in [-0.05, 0) is 30.0 Å². The summed E-state index contributed by atoms with van der Waals surface area (Å²) >= 11 is 1.15. The second-order valence-corrected chi connectivity index (χ2v) is 5.65. The number of hydrogen-bond acceptors (Lipinski definition) is 5. The van der Waals surface area contributed by atoms with Crippen molar-refractivity contribution in [3.05, 3.63) is 30.0 Å². The highest BCUT2D eigenvalue weighted by atomic mass is 32.2. The summed E-state index contributed by atoms with van der Waals surface area (Å²) in [5.41, 5.74) is -0.286. The van der Waals surface area contributed by atoms with Gasteiger partial charge in [0, 0.05) is 5.56 Å². The molecule has 124 valence electrons. The normalized spacial score (nSPS) is 11.4. The molecule has 0 aliphatic carbocycles. The average Bonchev–Trinajstić information content (AvgIpc) is 2.53. The van der Waals surface area contributed by atoms with Gasteiger partial charge < -0.3 is 9.47 Å². The molecule has 0 radical (unpaired) electrons. The van der Waals surface area contributed by atoms with Crippen LogP contribution in [0.2, 0.25) is 0 Å². The summed E-state index contributed by atoms with van der Waals surface area (Å²) in [5.74, 6) is 1.48. The number of alkyl halides is 3. The molecule has 2 rings (SSSR count). The van der Waals surface area contributed by atoms with E-state index in [1.165, 1.54) is 14.2 Å². The van der Waals surface area contributed by atoms with Crippen LogP contribution in [0.1, 0.15) is 12.6 Å². The third-order valence-corrected chi connectivity index (χ3v) is 3.68. The summed E-state index contributed by atoms with van der Waals surface area (Å²) in [6, 6.07) is 5.77. The highest BCUT2D eigenvalue weighted by molar-refractivity contribution is 7.99. The zero-order chi connectivity index (χ0) is 17.0. The summed E-state index contributed by atoms with van der Waals surface area (Å²) in [5, 5.41) is 0.0899. The lowest BCUT2D eigenvalue weighted by atomic mass is 10.1. The molecule has 1 aromatic carbocycles. The first-order valence-electron chi connectivity index (χ1n) is 6.70. The van der Waals surface area contributed by atoms with E-state index >= 15 is 0 Å². The SMILES string of the molecule is CCSc1nc(-c2ccc(OC)c(OC)c2)cc(C(F)(F)F)n1. The van der Waals surface area contributed by atoms with Crippen LogP contribution in [0.5, 0.6) is 11.5 Å². The fraction of sp³-hybridized carbons (Fsp3) is 0.333. The molecule has 1 aromatic heterocycles. The number of methoxy groups -OCH3 is 2. The monoisotopic (exact) mass is 344 g/mol. The van der Waals surface area contributed by atoms with E-state index in [2.05, 4.69) is 9.97 Å². The minimum Gasteiger partial charge on any atom is -0.493 e. The van der Waals surface area contributed by atoms with Crippen molar-refractivity contribution in [3.8, 4) is 22.8 Å². The summed E-state index contributed by atoms with van der Waals surface area (Å²) in [4.78, 5) is 7.76. The van der Waals surface area contributed by atoms with E-state index in [0.29, 0.717) is 22.8 Å². The van der Waals surface area contributed by atoms with E-state index in [-0.39, 0.29) is 10.9 Å². The molecule has 0 N–H and O–H groups in total. The highest BCUT2D eigenvalue weighted by Gasteiger charge is 2.33. The first kappa shape index (κ1) is 17.4. The van der Waals surface area contributed by atoms with Gasteiger partial charge in [0.1, 0.15) is 5.69 Å². The minimum absolute atomic E-state index is 0.0899. The van der Waals surface area contributed by atoms with E-state index in [0.717, 1.165) is 17.8 Å². The topological polar surface area (TPSA) is 44.2 Å². The maximum Gasteiger partial charge on any atom is 0.433 e. The molecule has 0 atom stereocenters. The number of ether oxygens (including phenoxy) is 2. The van der Waals surface area contributed by atoms with Gasteiger partial charge in [-0.3, -0.25) is 0 Å². The predicted octanol–water partition coefficient (Wildman–Crippen LogP) is 4.29. The first-order chi connectivity index (χ1) is 10.9. The second kappa shape index (κ2) is 7.08. The van der Waals surface area contributed by atoms with Gasteiger partial charge in [0.15, 0.2) is 16.7 Å². The molecule has 0 saturated heterocycles. The molecule has 0 aliphatic rings. The molecule has 8 heteroatoms. The fourth-order valence-corrected chi connectivity index (χ4v) is 2.49. The Morgan fingerprint density at radius 3 is 2.30 bits per heavy atom. The number of thioether (sulfide) groups is 1. The molecule has 0 spiro atoms. The Labute approximate surface area is 136 Å². The maximum absolute atomic E-state index is 13.0. The van der Waals surface area contributed by atoms with Crippen LogP contribution in [0.3, 0.4) is 0 Å². The number of halogens is 3. The number of benzene rings is 1. The van der Waals surface area contributed by atoms with Crippen LogP contribution in [0.25, 0.3) is 11.3 Å². The maximum atomic E-state index is 13.0. The molecule has 1 heterocycles. The first-order valence-corrected chi connectivity index (χ1v) is 7.69. The van der Waals surface area contributed by atoms with E-state index in [1.54, 1.807) is 18.2 Å². The molecule has 0 bridgehead atoms. The van der Waals surface area contributed by atoms with Crippen LogP contribution < -0.4 is 9.47 Å². The van der Waals surface area contributed by atoms with Crippen molar-refractivity contribution in [1.82, 2.24) is 9.97 Å². The predicted molar refractivity (Wildman–Crippen MR) is 82.0 cm³/mol. The van der Waals surface area contributed by atoms with Crippen molar-refractivity contribution in [1.29, 1.82) is 0 Å². The van der Waals surface area contributed by atoms with Crippen molar-refractivity contribution < 1.29 is 22.6 Å². The largest absolute Gasteiger partial charge is 0.493 e. The third-order valence-electron chi connectivity index (χ3n) is 2.95. The Bertz CT molecular complexity index is 693. The van der Waals surface area contributed by atoms with E-state index in [4.69, 9.17) is 9.47 Å². The van der Waals surface area contributed by atoms with E-state index in [1.807, 2.05) is 6.92 Å². The van der Waals surface area contributed by atoms with Crippen molar-refractivity contribution in [2.75, 3.05) is 20.0 Å². The molecule has 23 heavy (non-hydrogen) atoms. The van der Waals surface area contributed by atoms with Gasteiger partial charge in [-0.1, -0.05) is 18.7 Å². The van der Waals surface area contributed by atoms with Gasteiger partial charge in [-0.2, -0.15) is 13.2 Å². The van der Waals surface area contributed by atoms with Crippen molar-refractivity contribution >= 4 is 11.8 Å². The van der Waals surface area contributed by atoms with Gasteiger partial charge in [-0.15, -0.1) is 0 Å². The molecule has 0 fully saturated rings. The van der Waals surface area contributed by atoms with Crippen LogP contribution in [0.15, 0.2) is 29.4 Å². The molecule has 0 saturated carbocycles. The van der Waals surface area contributed by atoms with Crippen molar-refractivity contribution in [2.24, 2.45) is 0 Å². The van der Waals surface area contributed by atoms with Gasteiger partial charge in [0.2, 0.25) is 0 Å². The van der Waals surface area contributed by atoms with Gasteiger partial charge in [0.25, 0.3) is 0 Å². The lowest BCUT2D eigenvalue weighted by molar-refractivity contribution is -0.141. The summed E-state index contributed by atoms with van der Waals surface area (Å²) in [6.07, 6.45) is -4.53. The highest BCUT2D eigenvalue weighted by Crippen LogP contribution is 2.35. The minimum atomic E-state index is -4.53. The molecule has 0 aliphatic heterocycles. The standard InChI is InChI=1S/C15H15F3N2O2S/c1-4-23-14-19-10(8-13(20-14)15(16,17)18)9-5-6-11(21-2)12(7-9)22-3/h5-8H,4H2,1-3H3. The molecular formula is C15H15F3N2O2S. The summed E-state index contributed by atoms with van der Waals surface area (Å²) in [6.45, 7) is 1.82. The third kappa shape index (κ3) is 4.07. The van der Waals surface area contributed by atoms with Crippen LogP contribution >= 0.6 is 11.8 Å². The average molecular weight is 344 g/mol. The van der Waals surface area contributed by atoms with E-state index < -0.39 is 11.9 Å². The summed E-state index contributed by atoms with van der Waals surface area (Å²) in [7, 11) is 2.95. The van der Waals surface area contributed by atoms with Crippen molar-refractivity contribution in [2.45, 2.75) is 18.3 Å². The number of nitrogens with zero attached hydrogens (tertiary/aromatic N) is 2. The van der Waals surface area contributed by atoms with Crippen molar-refractivity contribution in [3.63, 3.8) is 0 Å². The van der Waals surface area contributed by atoms with Crippen LogP contribution in [0, 0.1) is 0 Å². The Hall–Kier alpha value is -1.96. The van der Waals surface area contributed by atoms with Crippen LogP contribution in [-0.4, -0.2) is 29.9 Å². The molecule has 0 unspecified atom stereocenters. The fourth-order valence-electron chi connectivity index (χ4n) is 1.91. The molecule has 0 amide bonds. The molecular weight excluding hydrogens is 329 g/mol. The molecule has 4 nitrogen and oxygen atoms in total. The number of hydrogen-bond donors (Lipinski definition) is 0. The number of aromatic nitrogens is 2. The van der Waals surface area contributed by atoms with Crippen LogP contribution in [0.4, 0.5) is 13.2 Å². The smallest absolute Gasteiger partial charge is 0.433 e. The number of rotatable bonds is 5. The zero-order valence-corrected chi connectivity index (χ0v) is 13.6. The lowest BCUT2D eigenvalue weighted by Crippen LogP contribution is -2.10. The quantitative estimate of drug-likeness (QED) is 0.598. The zero-order valence-electron chi connectivity index (χ0n) is 12.8. The Morgan fingerprint density at radius 1 is 1.04 bits per heavy atom. The molecule has 2 aromatic rings. The Kier molecular flexibility index (Phi) is 5.35.